The van der Waals surface area contributed by atoms with Gasteiger partial charge in [0.05, 0.1) is 11.9 Å². The molecule has 1 aliphatic rings. The van der Waals surface area contributed by atoms with E-state index in [1.165, 1.54) is 0 Å². The van der Waals surface area contributed by atoms with Crippen LogP contribution < -0.4 is 5.32 Å². The number of piperidine rings is 1. The van der Waals surface area contributed by atoms with Crippen LogP contribution in [0, 0.1) is 5.92 Å². The fourth-order valence-electron chi connectivity index (χ4n) is 3.72. The highest BCUT2D eigenvalue weighted by Gasteiger charge is 2.26. The third-order valence-electron chi connectivity index (χ3n) is 5.49. The maximum absolute atomic E-state index is 12.7. The summed E-state index contributed by atoms with van der Waals surface area (Å²) in [7, 11) is 1.88. The van der Waals surface area contributed by atoms with Crippen LogP contribution in [0.25, 0.3) is 22.0 Å². The molecule has 3 aromatic rings. The Balaban J connectivity index is 1.49. The van der Waals surface area contributed by atoms with Crippen LogP contribution in [-0.4, -0.2) is 49.7 Å². The highest BCUT2D eigenvalue weighted by molar-refractivity contribution is 5.94. The summed E-state index contributed by atoms with van der Waals surface area (Å²) in [6.45, 7) is 6.35. The molecule has 1 saturated heterocycles. The lowest BCUT2D eigenvalue weighted by Gasteiger charge is -2.33. The molecule has 28 heavy (non-hydrogen) atoms. The van der Waals surface area contributed by atoms with Gasteiger partial charge in [-0.25, -0.2) is 4.98 Å². The summed E-state index contributed by atoms with van der Waals surface area (Å²) in [5.74, 6) is 0.708. The van der Waals surface area contributed by atoms with Gasteiger partial charge in [0, 0.05) is 48.5 Å². The number of hydrogen-bond acceptors (Lipinski definition) is 5. The maximum Gasteiger partial charge on any atom is 0.228 e. The zero-order valence-corrected chi connectivity index (χ0v) is 16.6. The number of anilines is 1. The van der Waals surface area contributed by atoms with Gasteiger partial charge >= 0.3 is 0 Å². The maximum atomic E-state index is 12.7. The van der Waals surface area contributed by atoms with Gasteiger partial charge in [0.25, 0.3) is 0 Å². The van der Waals surface area contributed by atoms with Crippen LogP contribution in [0.5, 0.6) is 0 Å². The molecule has 0 aromatic carbocycles. The lowest BCUT2D eigenvalue weighted by molar-refractivity contribution is -0.121. The molecule has 7 nitrogen and oxygen atoms in total. The summed E-state index contributed by atoms with van der Waals surface area (Å²) in [5, 5.41) is 9.14. The van der Waals surface area contributed by atoms with Crippen molar-refractivity contribution in [3.05, 3.63) is 36.9 Å². The highest BCUT2D eigenvalue weighted by atomic mass is 16.1. The van der Waals surface area contributed by atoms with Crippen molar-refractivity contribution >= 4 is 22.5 Å². The Morgan fingerprint density at radius 2 is 1.86 bits per heavy atom. The third-order valence-corrected chi connectivity index (χ3v) is 5.49. The number of hydrogen-bond donors (Lipinski definition) is 1. The Bertz CT molecular complexity index is 987. The molecular formula is C21H26N6O. The molecule has 0 atom stereocenters. The second kappa shape index (κ2) is 7.67. The number of carbonyl (C=O) groups excluding carboxylic acids is 1. The van der Waals surface area contributed by atoms with E-state index in [0.717, 1.165) is 48.0 Å². The lowest BCUT2D eigenvalue weighted by Crippen LogP contribution is -2.41. The Kier molecular flexibility index (Phi) is 5.09. The van der Waals surface area contributed by atoms with Gasteiger partial charge in [0.1, 0.15) is 5.82 Å². The molecule has 1 fully saturated rings. The van der Waals surface area contributed by atoms with E-state index in [0.29, 0.717) is 11.9 Å². The minimum atomic E-state index is 0.0518. The van der Waals surface area contributed by atoms with Gasteiger partial charge in [-0.15, -0.1) is 0 Å². The van der Waals surface area contributed by atoms with E-state index in [1.807, 2.05) is 25.4 Å². The van der Waals surface area contributed by atoms with E-state index in [-0.39, 0.29) is 11.8 Å². The van der Waals surface area contributed by atoms with Gasteiger partial charge in [-0.2, -0.15) is 5.10 Å². The van der Waals surface area contributed by atoms with Gasteiger partial charge in [0.15, 0.2) is 0 Å². The van der Waals surface area contributed by atoms with Crippen molar-refractivity contribution in [1.82, 2.24) is 24.6 Å². The van der Waals surface area contributed by atoms with Gasteiger partial charge in [-0.05, 0) is 57.3 Å². The van der Waals surface area contributed by atoms with E-state index in [4.69, 9.17) is 0 Å². The van der Waals surface area contributed by atoms with Crippen molar-refractivity contribution in [3.63, 3.8) is 0 Å². The largest absolute Gasteiger partial charge is 0.310 e. The molecule has 0 saturated carbocycles. The summed E-state index contributed by atoms with van der Waals surface area (Å²) in [5.41, 5.74) is 1.81. The molecule has 0 aliphatic carbocycles. The van der Waals surface area contributed by atoms with Gasteiger partial charge in [-0.1, -0.05) is 0 Å². The smallest absolute Gasteiger partial charge is 0.228 e. The van der Waals surface area contributed by atoms with Crippen molar-refractivity contribution in [1.29, 1.82) is 0 Å². The average Bonchev–Trinajstić information content (AvgIpc) is 3.14. The fourth-order valence-corrected chi connectivity index (χ4v) is 3.72. The molecule has 0 bridgehead atoms. The van der Waals surface area contributed by atoms with Crippen molar-refractivity contribution in [2.45, 2.75) is 32.7 Å². The van der Waals surface area contributed by atoms with Crippen LogP contribution in [0.2, 0.25) is 0 Å². The van der Waals surface area contributed by atoms with E-state index < -0.39 is 0 Å². The molecule has 0 radical (unpaired) electrons. The Morgan fingerprint density at radius 1 is 1.11 bits per heavy atom. The first kappa shape index (κ1) is 18.6. The molecular weight excluding hydrogens is 352 g/mol. The van der Waals surface area contributed by atoms with Crippen LogP contribution in [0.4, 0.5) is 5.82 Å². The van der Waals surface area contributed by atoms with Crippen LogP contribution >= 0.6 is 0 Å². The number of nitrogens with one attached hydrogen (secondary N) is 1. The second-order valence-electron chi connectivity index (χ2n) is 7.78. The number of pyridine rings is 2. The van der Waals surface area contributed by atoms with Crippen LogP contribution in [0.1, 0.15) is 26.7 Å². The predicted octanol–water partition coefficient (Wildman–Crippen LogP) is 3.09. The molecule has 146 valence electrons. The van der Waals surface area contributed by atoms with E-state index >= 15 is 0 Å². The van der Waals surface area contributed by atoms with E-state index in [9.17, 15) is 4.79 Å². The first-order chi connectivity index (χ1) is 13.5. The number of fused-ring (bicyclic) bond motifs is 1. The van der Waals surface area contributed by atoms with Crippen LogP contribution in [0.3, 0.4) is 0 Å². The Morgan fingerprint density at radius 3 is 2.54 bits per heavy atom. The number of amides is 1. The third kappa shape index (κ3) is 3.89. The average molecular weight is 378 g/mol. The number of likely N-dealkylation sites (tertiary alicyclic amines) is 1. The number of aromatic nitrogens is 4. The summed E-state index contributed by atoms with van der Waals surface area (Å²) >= 11 is 0. The van der Waals surface area contributed by atoms with Crippen molar-refractivity contribution in [2.75, 3.05) is 18.4 Å². The number of nitrogens with zero attached hydrogens (tertiary/aromatic N) is 5. The predicted molar refractivity (Wildman–Crippen MR) is 110 cm³/mol. The summed E-state index contributed by atoms with van der Waals surface area (Å²) in [6.07, 6.45) is 9.08. The van der Waals surface area contributed by atoms with Gasteiger partial charge in [-0.3, -0.25) is 14.5 Å². The van der Waals surface area contributed by atoms with Gasteiger partial charge < -0.3 is 10.2 Å². The zero-order chi connectivity index (χ0) is 19.7. The van der Waals surface area contributed by atoms with E-state index in [1.54, 1.807) is 23.3 Å². The fraction of sp³-hybridized carbons (Fsp3) is 0.429. The lowest BCUT2D eigenvalue weighted by atomic mass is 9.95. The van der Waals surface area contributed by atoms with Crippen LogP contribution in [-0.2, 0) is 11.8 Å². The first-order valence-electron chi connectivity index (χ1n) is 9.79. The summed E-state index contributed by atoms with van der Waals surface area (Å²) < 4.78 is 1.75. The molecule has 4 heterocycles. The molecule has 1 N–H and O–H groups in total. The summed E-state index contributed by atoms with van der Waals surface area (Å²) in [4.78, 5) is 24.0. The number of aryl methyl sites for hydroxylation is 1. The van der Waals surface area contributed by atoms with Crippen molar-refractivity contribution < 1.29 is 4.79 Å². The Labute approximate surface area is 164 Å². The van der Waals surface area contributed by atoms with Crippen molar-refractivity contribution in [3.8, 4) is 11.3 Å². The molecule has 4 rings (SSSR count). The molecule has 0 spiro atoms. The Hall–Kier alpha value is -2.80. The molecule has 0 unspecified atom stereocenters. The molecule has 7 heteroatoms. The molecule has 1 amide bonds. The highest BCUT2D eigenvalue weighted by Crippen LogP contribution is 2.24. The normalized spacial score (nSPS) is 16.0. The van der Waals surface area contributed by atoms with Gasteiger partial charge in [0.2, 0.25) is 5.91 Å². The molecule has 1 aliphatic heterocycles. The van der Waals surface area contributed by atoms with Crippen molar-refractivity contribution in [2.24, 2.45) is 13.0 Å². The minimum Gasteiger partial charge on any atom is -0.310 e. The molecule has 3 aromatic heterocycles. The SMILES string of the molecule is CC(C)N1CCC(C(=O)Nc2cc3cc(-c4cnn(C)c4)ncc3cn2)CC1. The standard InChI is InChI=1S/C21H26N6O/c1-14(2)27-6-4-15(5-7-27)21(28)25-20-9-16-8-19(18-12-24-26(3)13-18)22-10-17(16)11-23-20/h8-15H,4-7H2,1-3H3,(H,23,25,28). The number of carbonyl (C=O) groups is 1. The van der Waals surface area contributed by atoms with E-state index in [2.05, 4.69) is 39.1 Å². The summed E-state index contributed by atoms with van der Waals surface area (Å²) in [6, 6.07) is 4.46. The second-order valence-corrected chi connectivity index (χ2v) is 7.78. The first-order valence-corrected chi connectivity index (χ1v) is 9.79. The number of rotatable bonds is 4. The minimum absolute atomic E-state index is 0.0518. The van der Waals surface area contributed by atoms with Crippen LogP contribution in [0.15, 0.2) is 36.9 Å². The topological polar surface area (TPSA) is 75.9 Å². The zero-order valence-electron chi connectivity index (χ0n) is 16.6. The quantitative estimate of drug-likeness (QED) is 0.755. The monoisotopic (exact) mass is 378 g/mol.